The van der Waals surface area contributed by atoms with Gasteiger partial charge in [0.1, 0.15) is 6.04 Å². The van der Waals surface area contributed by atoms with Gasteiger partial charge in [0.25, 0.3) is 0 Å². The number of hydrogen-bond acceptors (Lipinski definition) is 5. The molecule has 0 radical (unpaired) electrons. The second-order valence-electron chi connectivity index (χ2n) is 11.4. The third-order valence-electron chi connectivity index (χ3n) is 6.65. The van der Waals surface area contributed by atoms with Gasteiger partial charge in [-0.1, -0.05) is 39.8 Å². The van der Waals surface area contributed by atoms with E-state index < -0.39 is 23.4 Å². The zero-order chi connectivity index (χ0) is 25.0. The van der Waals surface area contributed by atoms with Crippen molar-refractivity contribution in [1.29, 1.82) is 0 Å². The summed E-state index contributed by atoms with van der Waals surface area (Å²) in [7, 11) is 0. The number of allylic oxidation sites excluding steroid dienone is 1. The second kappa shape index (κ2) is 11.0. The largest absolute Gasteiger partial charge is 0.466 e. The first-order valence-corrected chi connectivity index (χ1v) is 12.4. The van der Waals surface area contributed by atoms with Gasteiger partial charge in [0.05, 0.1) is 18.4 Å². The lowest BCUT2D eigenvalue weighted by atomic mass is 9.69. The molecule has 0 unspecified atom stereocenters. The Balaban J connectivity index is 2.40. The molecule has 0 saturated carbocycles. The average molecular weight is 465 g/mol. The van der Waals surface area contributed by atoms with E-state index in [0.29, 0.717) is 19.4 Å². The molecule has 0 aromatic heterocycles. The highest BCUT2D eigenvalue weighted by molar-refractivity contribution is 5.96. The number of ether oxygens (including phenoxy) is 1. The molecule has 1 aliphatic heterocycles. The van der Waals surface area contributed by atoms with E-state index in [-0.39, 0.29) is 48.2 Å². The maximum absolute atomic E-state index is 13.7. The minimum absolute atomic E-state index is 0.0275. The van der Waals surface area contributed by atoms with Crippen LogP contribution < -0.4 is 5.32 Å². The van der Waals surface area contributed by atoms with Gasteiger partial charge in [-0.15, -0.1) is 0 Å². The van der Waals surface area contributed by atoms with E-state index in [1.165, 1.54) is 0 Å². The standard InChI is InChI=1S/C26H44N2O5/c1-8-17-12-13-18-20(19(17)24(32)33-9-2)23(31)28(14-10-11-15-29)21(18)22(30)27-26(6,7)16-25(3,4)5/h12-13,17-21,29H,8-11,14-16H2,1-7H3,(H,27,30)/t17-,18+,19-,20+,21+/m1/s1. The maximum atomic E-state index is 13.7. The van der Waals surface area contributed by atoms with Crippen molar-refractivity contribution in [2.45, 2.75) is 85.7 Å². The molecule has 2 aliphatic rings. The molecule has 0 spiro atoms. The lowest BCUT2D eigenvalue weighted by molar-refractivity contribution is -0.155. The van der Waals surface area contributed by atoms with Crippen LogP contribution >= 0.6 is 0 Å². The summed E-state index contributed by atoms with van der Waals surface area (Å²) in [5.74, 6) is -2.36. The van der Waals surface area contributed by atoms with Crippen molar-refractivity contribution in [2.75, 3.05) is 19.8 Å². The third kappa shape index (κ3) is 6.58. The first-order valence-electron chi connectivity index (χ1n) is 12.4. The average Bonchev–Trinajstić information content (AvgIpc) is 2.97. The Morgan fingerprint density at radius 3 is 2.33 bits per heavy atom. The Morgan fingerprint density at radius 2 is 1.79 bits per heavy atom. The molecule has 1 aliphatic carbocycles. The SMILES string of the molecule is CCOC(=O)[C@H]1[C@H]2C(=O)N(CCCCO)[C@H](C(=O)NC(C)(C)CC(C)(C)C)[C@H]2C=C[C@H]1CC. The lowest BCUT2D eigenvalue weighted by Gasteiger charge is -2.37. The molecule has 5 atom stereocenters. The van der Waals surface area contributed by atoms with Crippen LogP contribution in [0.3, 0.4) is 0 Å². The second-order valence-corrected chi connectivity index (χ2v) is 11.4. The Bertz CT molecular complexity index is 739. The van der Waals surface area contributed by atoms with Crippen LogP contribution in [0.15, 0.2) is 12.2 Å². The van der Waals surface area contributed by atoms with Crippen molar-refractivity contribution in [2.24, 2.45) is 29.1 Å². The number of esters is 1. The summed E-state index contributed by atoms with van der Waals surface area (Å²) in [6.45, 7) is 14.9. The van der Waals surface area contributed by atoms with Crippen LogP contribution in [0.2, 0.25) is 0 Å². The highest BCUT2D eigenvalue weighted by atomic mass is 16.5. The molecule has 2 amide bonds. The molecule has 1 heterocycles. The van der Waals surface area contributed by atoms with Gasteiger partial charge >= 0.3 is 5.97 Å². The first kappa shape index (κ1) is 27.4. The molecule has 33 heavy (non-hydrogen) atoms. The van der Waals surface area contributed by atoms with Gasteiger partial charge in [0.2, 0.25) is 11.8 Å². The molecular formula is C26H44N2O5. The van der Waals surface area contributed by atoms with Crippen LogP contribution in [-0.2, 0) is 19.1 Å². The summed E-state index contributed by atoms with van der Waals surface area (Å²) >= 11 is 0. The predicted octanol–water partition coefficient (Wildman–Crippen LogP) is 3.31. The van der Waals surface area contributed by atoms with Crippen molar-refractivity contribution in [3.05, 3.63) is 12.2 Å². The minimum atomic E-state index is -0.675. The number of unbranched alkanes of at least 4 members (excludes halogenated alkanes) is 1. The highest BCUT2D eigenvalue weighted by Crippen LogP contribution is 2.45. The van der Waals surface area contributed by atoms with E-state index in [2.05, 4.69) is 26.1 Å². The summed E-state index contributed by atoms with van der Waals surface area (Å²) in [4.78, 5) is 41.9. The molecule has 7 nitrogen and oxygen atoms in total. The van der Waals surface area contributed by atoms with Gasteiger partial charge in [-0.25, -0.2) is 0 Å². The topological polar surface area (TPSA) is 95.9 Å². The van der Waals surface area contributed by atoms with Crippen LogP contribution in [0.4, 0.5) is 0 Å². The van der Waals surface area contributed by atoms with E-state index in [1.54, 1.807) is 11.8 Å². The third-order valence-corrected chi connectivity index (χ3v) is 6.65. The summed E-state index contributed by atoms with van der Waals surface area (Å²) in [6.07, 6.45) is 6.62. The van der Waals surface area contributed by atoms with E-state index >= 15 is 0 Å². The molecule has 2 rings (SSSR count). The van der Waals surface area contributed by atoms with E-state index in [4.69, 9.17) is 4.74 Å². The van der Waals surface area contributed by atoms with Crippen molar-refractivity contribution in [1.82, 2.24) is 10.2 Å². The molecule has 7 heteroatoms. The quantitative estimate of drug-likeness (QED) is 0.294. The van der Waals surface area contributed by atoms with E-state index in [0.717, 1.165) is 12.8 Å². The van der Waals surface area contributed by atoms with E-state index in [9.17, 15) is 19.5 Å². The van der Waals surface area contributed by atoms with Crippen LogP contribution in [0.25, 0.3) is 0 Å². The van der Waals surface area contributed by atoms with Crippen molar-refractivity contribution >= 4 is 17.8 Å². The number of rotatable bonds is 10. The van der Waals surface area contributed by atoms with Crippen molar-refractivity contribution < 1.29 is 24.2 Å². The van der Waals surface area contributed by atoms with Crippen LogP contribution in [-0.4, -0.2) is 59.1 Å². The summed E-state index contributed by atoms with van der Waals surface area (Å²) in [5, 5.41) is 12.4. The Morgan fingerprint density at radius 1 is 1.12 bits per heavy atom. The first-order chi connectivity index (χ1) is 15.4. The number of aliphatic hydroxyl groups is 1. The molecule has 0 bridgehead atoms. The van der Waals surface area contributed by atoms with Gasteiger partial charge in [-0.05, 0) is 57.8 Å². The Kier molecular flexibility index (Phi) is 9.14. The van der Waals surface area contributed by atoms with Crippen LogP contribution in [0, 0.1) is 29.1 Å². The zero-order valence-electron chi connectivity index (χ0n) is 21.5. The lowest BCUT2D eigenvalue weighted by Crippen LogP contribution is -2.54. The van der Waals surface area contributed by atoms with Gasteiger partial charge in [-0.2, -0.15) is 0 Å². The summed E-state index contributed by atoms with van der Waals surface area (Å²) < 4.78 is 5.36. The fraction of sp³-hybridized carbons (Fsp3) is 0.808. The number of nitrogens with zero attached hydrogens (tertiary/aromatic N) is 1. The molecular weight excluding hydrogens is 420 g/mol. The smallest absolute Gasteiger partial charge is 0.310 e. The molecule has 188 valence electrons. The number of carbonyl (C=O) groups is 3. The van der Waals surface area contributed by atoms with Crippen molar-refractivity contribution in [3.8, 4) is 0 Å². The Hall–Kier alpha value is -1.89. The van der Waals surface area contributed by atoms with Gasteiger partial charge in [0, 0.05) is 24.6 Å². The number of hydrogen-bond donors (Lipinski definition) is 2. The van der Waals surface area contributed by atoms with Gasteiger partial charge < -0.3 is 20.1 Å². The maximum Gasteiger partial charge on any atom is 0.310 e. The number of aliphatic hydroxyl groups excluding tert-OH is 1. The minimum Gasteiger partial charge on any atom is -0.466 e. The van der Waals surface area contributed by atoms with E-state index in [1.807, 2.05) is 32.9 Å². The van der Waals surface area contributed by atoms with Crippen LogP contribution in [0.1, 0.15) is 74.1 Å². The normalized spacial score (nSPS) is 27.5. The van der Waals surface area contributed by atoms with Gasteiger partial charge in [-0.3, -0.25) is 14.4 Å². The molecule has 0 aromatic rings. The number of likely N-dealkylation sites (tertiary alicyclic amines) is 1. The zero-order valence-corrected chi connectivity index (χ0v) is 21.5. The summed E-state index contributed by atoms with van der Waals surface area (Å²) in [5.41, 5.74) is -0.419. The fourth-order valence-electron chi connectivity index (χ4n) is 5.86. The molecule has 1 fully saturated rings. The Labute approximate surface area is 199 Å². The fourth-order valence-corrected chi connectivity index (χ4v) is 5.86. The predicted molar refractivity (Wildman–Crippen MR) is 128 cm³/mol. The van der Waals surface area contributed by atoms with Crippen LogP contribution in [0.5, 0.6) is 0 Å². The number of nitrogens with one attached hydrogen (secondary N) is 1. The molecule has 1 saturated heterocycles. The highest BCUT2D eigenvalue weighted by Gasteiger charge is 2.57. The summed E-state index contributed by atoms with van der Waals surface area (Å²) in [6, 6.07) is -0.675. The van der Waals surface area contributed by atoms with Crippen molar-refractivity contribution in [3.63, 3.8) is 0 Å². The number of carbonyl (C=O) groups excluding carboxylic acids is 3. The van der Waals surface area contributed by atoms with Gasteiger partial charge in [0.15, 0.2) is 0 Å². The molecule has 2 N–H and O–H groups in total. The number of fused-ring (bicyclic) bond motifs is 1. The number of amides is 2. The molecule has 0 aromatic carbocycles. The monoisotopic (exact) mass is 464 g/mol.